The maximum absolute atomic E-state index is 12.8. The highest BCUT2D eigenvalue weighted by molar-refractivity contribution is 6.39. The number of carbonyl (C=O) groups is 2. The van der Waals surface area contributed by atoms with Crippen LogP contribution >= 0.6 is 11.6 Å². The van der Waals surface area contributed by atoms with Crippen molar-refractivity contribution < 1.29 is 14.7 Å². The lowest BCUT2D eigenvalue weighted by Crippen LogP contribution is -2.31. The molecule has 0 aliphatic rings. The Hall–Kier alpha value is -3.25. The van der Waals surface area contributed by atoms with Gasteiger partial charge in [-0.25, -0.2) is 4.79 Å². The van der Waals surface area contributed by atoms with Gasteiger partial charge in [0.25, 0.3) is 5.91 Å². The van der Waals surface area contributed by atoms with E-state index in [1.807, 2.05) is 57.2 Å². The van der Waals surface area contributed by atoms with Crippen molar-refractivity contribution in [2.75, 3.05) is 5.32 Å². The molecule has 1 unspecified atom stereocenters. The molecule has 4 aromatic rings. The summed E-state index contributed by atoms with van der Waals surface area (Å²) in [7, 11) is 0. The first-order chi connectivity index (χ1) is 14.2. The topological polar surface area (TPSA) is 87.1 Å². The molecule has 0 aliphatic carbocycles. The van der Waals surface area contributed by atoms with E-state index in [1.54, 1.807) is 22.9 Å². The number of anilines is 1. The third kappa shape index (κ3) is 3.44. The summed E-state index contributed by atoms with van der Waals surface area (Å²) in [4.78, 5) is 27.8. The van der Waals surface area contributed by atoms with E-state index >= 15 is 0 Å². The lowest BCUT2D eigenvalue weighted by Gasteiger charge is -2.29. The Bertz CT molecular complexity index is 1280. The molecule has 2 heterocycles. The number of amides is 1. The fourth-order valence-corrected chi connectivity index (χ4v) is 4.11. The molecule has 2 aromatic heterocycles. The maximum Gasteiger partial charge on any atom is 0.327 e. The molecule has 0 saturated carbocycles. The van der Waals surface area contributed by atoms with Gasteiger partial charge in [-0.1, -0.05) is 56.6 Å². The summed E-state index contributed by atoms with van der Waals surface area (Å²) in [5.74, 6) is -1.27. The summed E-state index contributed by atoms with van der Waals surface area (Å²) in [6.07, 6.45) is 1.77. The summed E-state index contributed by atoms with van der Waals surface area (Å²) < 4.78 is 1.74. The molecular weight excluding hydrogens is 402 g/mol. The highest BCUT2D eigenvalue weighted by Crippen LogP contribution is 2.35. The van der Waals surface area contributed by atoms with Crippen LogP contribution in [0.4, 0.5) is 5.69 Å². The van der Waals surface area contributed by atoms with Crippen molar-refractivity contribution in [3.63, 3.8) is 0 Å². The molecule has 0 aliphatic heterocycles. The normalized spacial score (nSPS) is 12.9. The highest BCUT2D eigenvalue weighted by atomic mass is 35.5. The second-order valence-electron chi connectivity index (χ2n) is 8.42. The van der Waals surface area contributed by atoms with Gasteiger partial charge in [-0.2, -0.15) is 0 Å². The van der Waals surface area contributed by atoms with Crippen LogP contribution in [0.3, 0.4) is 0 Å². The van der Waals surface area contributed by atoms with Crippen LogP contribution in [0.2, 0.25) is 5.02 Å². The van der Waals surface area contributed by atoms with Gasteiger partial charge in [0, 0.05) is 22.8 Å². The Labute approximate surface area is 178 Å². The minimum absolute atomic E-state index is 0.284. The number of benzene rings is 2. The number of carboxylic acids is 1. The number of aromatic nitrogens is 2. The first kappa shape index (κ1) is 20.0. The number of nitrogens with one attached hydrogen (secondary N) is 2. The van der Waals surface area contributed by atoms with Crippen LogP contribution in [0, 0.1) is 5.41 Å². The van der Waals surface area contributed by atoms with Gasteiger partial charge < -0.3 is 20.0 Å². The molecule has 0 bridgehead atoms. The number of nitrogens with zero attached hydrogens (tertiary/aromatic N) is 1. The fraction of sp³-hybridized carbons (Fsp3) is 0.217. The van der Waals surface area contributed by atoms with Gasteiger partial charge in [-0.05, 0) is 35.1 Å². The van der Waals surface area contributed by atoms with E-state index in [0.717, 1.165) is 21.8 Å². The second kappa shape index (κ2) is 7.22. The Morgan fingerprint density at radius 1 is 1.13 bits per heavy atom. The summed E-state index contributed by atoms with van der Waals surface area (Å²) in [6, 6.07) is 14.0. The summed E-state index contributed by atoms with van der Waals surface area (Å²) >= 11 is 6.39. The molecule has 3 N–H and O–H groups in total. The first-order valence-electron chi connectivity index (χ1n) is 9.58. The van der Waals surface area contributed by atoms with Crippen LogP contribution in [0.25, 0.3) is 21.8 Å². The SMILES string of the molecule is CC(C)(C)C(C(=O)O)n1ccc2ccc(NC(=O)c3[nH]c4ccccc4c3Cl)cc21. The lowest BCUT2D eigenvalue weighted by molar-refractivity contribution is -0.144. The standard InChI is InChI=1S/C23H22ClN3O3/c1-23(2,3)20(22(29)30)27-11-10-13-8-9-14(12-17(13)27)25-21(28)19-18(24)15-6-4-5-7-16(15)26-19/h4-12,20,26H,1-3H3,(H,25,28)(H,29,30). The zero-order chi connectivity index (χ0) is 21.6. The predicted molar refractivity (Wildman–Crippen MR) is 119 cm³/mol. The summed E-state index contributed by atoms with van der Waals surface area (Å²) in [5, 5.41) is 14.7. The lowest BCUT2D eigenvalue weighted by atomic mass is 9.86. The summed E-state index contributed by atoms with van der Waals surface area (Å²) in [6.45, 7) is 5.67. The van der Waals surface area contributed by atoms with E-state index in [1.165, 1.54) is 0 Å². The van der Waals surface area contributed by atoms with Crippen LogP contribution in [-0.2, 0) is 4.79 Å². The molecule has 30 heavy (non-hydrogen) atoms. The van der Waals surface area contributed by atoms with Gasteiger partial charge in [0.15, 0.2) is 0 Å². The van der Waals surface area contributed by atoms with Crippen molar-refractivity contribution in [3.05, 3.63) is 65.4 Å². The van der Waals surface area contributed by atoms with Crippen LogP contribution < -0.4 is 5.32 Å². The predicted octanol–water partition coefficient (Wildman–Crippen LogP) is 5.70. The number of aromatic amines is 1. The van der Waals surface area contributed by atoms with E-state index in [9.17, 15) is 14.7 Å². The number of hydrogen-bond acceptors (Lipinski definition) is 2. The molecule has 1 atom stereocenters. The number of H-pyrrole nitrogens is 1. The third-order valence-electron chi connectivity index (χ3n) is 5.18. The molecule has 7 heteroatoms. The average Bonchev–Trinajstić information content (AvgIpc) is 3.22. The molecule has 0 saturated heterocycles. The number of carbonyl (C=O) groups excluding carboxylic acids is 1. The van der Waals surface area contributed by atoms with E-state index in [-0.39, 0.29) is 11.6 Å². The van der Waals surface area contributed by atoms with Gasteiger partial charge in [-0.15, -0.1) is 0 Å². The van der Waals surface area contributed by atoms with E-state index in [2.05, 4.69) is 10.3 Å². The monoisotopic (exact) mass is 423 g/mol. The largest absolute Gasteiger partial charge is 0.480 e. The van der Waals surface area contributed by atoms with Crippen molar-refractivity contribution in [2.24, 2.45) is 5.41 Å². The number of carboxylic acid groups (broad SMARTS) is 1. The number of rotatable bonds is 4. The van der Waals surface area contributed by atoms with E-state index < -0.39 is 17.4 Å². The van der Waals surface area contributed by atoms with Gasteiger partial charge >= 0.3 is 5.97 Å². The van der Waals surface area contributed by atoms with Crippen molar-refractivity contribution in [3.8, 4) is 0 Å². The molecule has 0 spiro atoms. The molecule has 154 valence electrons. The quantitative estimate of drug-likeness (QED) is 0.393. The van der Waals surface area contributed by atoms with Crippen molar-refractivity contribution in [2.45, 2.75) is 26.8 Å². The molecule has 0 fully saturated rings. The maximum atomic E-state index is 12.8. The number of para-hydroxylation sites is 1. The fourth-order valence-electron chi connectivity index (χ4n) is 3.82. The van der Waals surface area contributed by atoms with Crippen molar-refractivity contribution in [1.82, 2.24) is 9.55 Å². The molecule has 2 aromatic carbocycles. The molecule has 6 nitrogen and oxygen atoms in total. The Morgan fingerprint density at radius 3 is 2.53 bits per heavy atom. The third-order valence-corrected chi connectivity index (χ3v) is 5.58. The Balaban J connectivity index is 1.70. The first-order valence-corrected chi connectivity index (χ1v) is 9.95. The van der Waals surface area contributed by atoms with Crippen LogP contribution in [0.5, 0.6) is 0 Å². The zero-order valence-electron chi connectivity index (χ0n) is 16.9. The van der Waals surface area contributed by atoms with Crippen molar-refractivity contribution in [1.29, 1.82) is 0 Å². The van der Waals surface area contributed by atoms with E-state index in [4.69, 9.17) is 11.6 Å². The van der Waals surface area contributed by atoms with Gasteiger partial charge in [0.2, 0.25) is 0 Å². The molecule has 0 radical (unpaired) electrons. The Kier molecular flexibility index (Phi) is 4.82. The molecule has 4 rings (SSSR count). The van der Waals surface area contributed by atoms with Gasteiger partial charge in [0.1, 0.15) is 11.7 Å². The number of halogens is 1. The molecule has 1 amide bonds. The molecular formula is C23H22ClN3O3. The second-order valence-corrected chi connectivity index (χ2v) is 8.80. The van der Waals surface area contributed by atoms with Crippen LogP contribution in [-0.4, -0.2) is 26.5 Å². The average molecular weight is 424 g/mol. The minimum atomic E-state index is -0.903. The smallest absolute Gasteiger partial charge is 0.327 e. The van der Waals surface area contributed by atoms with E-state index in [0.29, 0.717) is 10.7 Å². The summed E-state index contributed by atoms with van der Waals surface area (Å²) in [5.41, 5.74) is 1.87. The minimum Gasteiger partial charge on any atom is -0.480 e. The van der Waals surface area contributed by atoms with Gasteiger partial charge in [-0.3, -0.25) is 4.79 Å². The number of fused-ring (bicyclic) bond motifs is 2. The highest BCUT2D eigenvalue weighted by Gasteiger charge is 2.33. The van der Waals surface area contributed by atoms with Crippen molar-refractivity contribution >= 4 is 51.0 Å². The number of hydrogen-bond donors (Lipinski definition) is 3. The zero-order valence-corrected chi connectivity index (χ0v) is 17.6. The van der Waals surface area contributed by atoms with Crippen LogP contribution in [0.15, 0.2) is 54.7 Å². The number of aliphatic carboxylic acids is 1. The van der Waals surface area contributed by atoms with Crippen LogP contribution in [0.1, 0.15) is 37.3 Å². The Morgan fingerprint density at radius 2 is 1.87 bits per heavy atom. The van der Waals surface area contributed by atoms with Gasteiger partial charge in [0.05, 0.1) is 10.5 Å².